The van der Waals surface area contributed by atoms with Gasteiger partial charge in [-0.05, 0) is 6.42 Å². The van der Waals surface area contributed by atoms with E-state index in [9.17, 15) is 19.2 Å². The molecule has 4 N–H and O–H groups in total. The van der Waals surface area contributed by atoms with Crippen LogP contribution in [0.1, 0.15) is 19.3 Å². The van der Waals surface area contributed by atoms with Crippen LogP contribution in [0.3, 0.4) is 0 Å². The summed E-state index contributed by atoms with van der Waals surface area (Å²) in [5, 5.41) is 0. The quantitative estimate of drug-likeness (QED) is 0.477. The minimum absolute atomic E-state index is 0.0677. The van der Waals surface area contributed by atoms with Gasteiger partial charge in [0.25, 0.3) is 0 Å². The molecule has 15 heavy (non-hydrogen) atoms. The molecule has 8 nitrogen and oxygen atoms in total. The van der Waals surface area contributed by atoms with Gasteiger partial charge >= 0.3 is 24.1 Å². The molecule has 2 amide bonds. The first kappa shape index (κ1) is 12.9. The Labute approximate surface area is 84.5 Å². The summed E-state index contributed by atoms with van der Waals surface area (Å²) < 4.78 is 7.94. The first-order valence-corrected chi connectivity index (χ1v) is 3.92. The van der Waals surface area contributed by atoms with E-state index in [2.05, 4.69) is 20.9 Å². The van der Waals surface area contributed by atoms with Crippen LogP contribution in [0.15, 0.2) is 0 Å². The minimum atomic E-state index is -1.21. The maximum atomic E-state index is 10.7. The summed E-state index contributed by atoms with van der Waals surface area (Å²) in [5.41, 5.74) is 9.11. The molecule has 0 aromatic carbocycles. The molecule has 0 atom stereocenters. The summed E-state index contributed by atoms with van der Waals surface area (Å²) in [4.78, 5) is 41.5. The lowest BCUT2D eigenvalue weighted by Gasteiger charge is -1.99. The van der Waals surface area contributed by atoms with Crippen LogP contribution < -0.4 is 11.5 Å². The van der Waals surface area contributed by atoms with Crippen molar-refractivity contribution in [2.45, 2.75) is 19.3 Å². The van der Waals surface area contributed by atoms with Gasteiger partial charge in [0.15, 0.2) is 0 Å². The monoisotopic (exact) mass is 218 g/mol. The van der Waals surface area contributed by atoms with Crippen molar-refractivity contribution in [1.82, 2.24) is 0 Å². The number of nitrogens with two attached hydrogens (primary N) is 2. The molecule has 0 fully saturated rings. The molecule has 84 valence electrons. The van der Waals surface area contributed by atoms with E-state index in [1.54, 1.807) is 0 Å². The lowest BCUT2D eigenvalue weighted by Crippen LogP contribution is -2.20. The van der Waals surface area contributed by atoms with Crippen molar-refractivity contribution in [3.63, 3.8) is 0 Å². The Bertz CT molecular complexity index is 259. The Hall–Kier alpha value is -2.12. The molecule has 0 unspecified atom stereocenters. The van der Waals surface area contributed by atoms with E-state index in [1.165, 1.54) is 0 Å². The maximum absolute atomic E-state index is 10.7. The molecule has 0 aliphatic rings. The molecule has 0 aromatic rings. The molecule has 0 radical (unpaired) electrons. The molecular weight excluding hydrogens is 208 g/mol. The number of esters is 2. The average molecular weight is 218 g/mol. The number of amides is 2. The van der Waals surface area contributed by atoms with Crippen LogP contribution in [0.25, 0.3) is 0 Å². The zero-order chi connectivity index (χ0) is 11.8. The fourth-order valence-corrected chi connectivity index (χ4v) is 0.704. The summed E-state index contributed by atoms with van der Waals surface area (Å²) in [6.07, 6.45) is -2.72. The normalized spacial score (nSPS) is 9.07. The largest absolute Gasteiger partial charge is 0.412 e. The molecule has 0 aliphatic heterocycles. The second-order valence-electron chi connectivity index (χ2n) is 2.44. The number of rotatable bonds is 4. The van der Waals surface area contributed by atoms with Crippen molar-refractivity contribution in [2.24, 2.45) is 11.5 Å². The predicted molar refractivity (Wildman–Crippen MR) is 45.2 cm³/mol. The van der Waals surface area contributed by atoms with Crippen LogP contribution >= 0.6 is 0 Å². The first-order chi connectivity index (χ1) is 6.91. The van der Waals surface area contributed by atoms with Gasteiger partial charge in [0.2, 0.25) is 0 Å². The number of hydrogen-bond donors (Lipinski definition) is 2. The standard InChI is InChI=1S/C7H10N2O6/c8-6(12)14-4(10)2-1-3-5(11)15-7(9)13/h1-3H2,(H2,8,12)(H2,9,13). The lowest BCUT2D eigenvalue weighted by molar-refractivity contribution is -0.138. The Morgan fingerprint density at radius 2 is 1.13 bits per heavy atom. The van der Waals surface area contributed by atoms with Gasteiger partial charge in [-0.1, -0.05) is 0 Å². The average Bonchev–Trinajstić information content (AvgIpc) is 2.00. The molecule has 0 saturated carbocycles. The fraction of sp³-hybridized carbons (Fsp3) is 0.429. The number of carbonyl (C=O) groups excluding carboxylic acids is 4. The highest BCUT2D eigenvalue weighted by atomic mass is 16.6. The Morgan fingerprint density at radius 1 is 0.800 bits per heavy atom. The fourth-order valence-electron chi connectivity index (χ4n) is 0.704. The summed E-state index contributed by atoms with van der Waals surface area (Å²) in [6.45, 7) is 0. The molecule has 0 heterocycles. The van der Waals surface area contributed by atoms with Crippen molar-refractivity contribution in [2.75, 3.05) is 0 Å². The SMILES string of the molecule is NC(=O)OC(=O)CCCC(=O)OC(N)=O. The van der Waals surface area contributed by atoms with Crippen molar-refractivity contribution in [3.05, 3.63) is 0 Å². The zero-order valence-electron chi connectivity index (χ0n) is 7.73. The first-order valence-electron chi connectivity index (χ1n) is 3.92. The van der Waals surface area contributed by atoms with Crippen LogP contribution in [0, 0.1) is 0 Å². The van der Waals surface area contributed by atoms with E-state index in [-0.39, 0.29) is 19.3 Å². The molecule has 0 aliphatic carbocycles. The number of hydrogen-bond acceptors (Lipinski definition) is 6. The zero-order valence-corrected chi connectivity index (χ0v) is 7.73. The van der Waals surface area contributed by atoms with Crippen molar-refractivity contribution < 1.29 is 28.7 Å². The smallest absolute Gasteiger partial charge is 0.376 e. The molecule has 0 saturated heterocycles. The highest BCUT2D eigenvalue weighted by molar-refractivity contribution is 5.85. The van der Waals surface area contributed by atoms with Crippen molar-refractivity contribution in [3.8, 4) is 0 Å². The third kappa shape index (κ3) is 8.22. The van der Waals surface area contributed by atoms with Crippen LogP contribution in [0.5, 0.6) is 0 Å². The van der Waals surface area contributed by atoms with Gasteiger partial charge in [0.05, 0.1) is 0 Å². The van der Waals surface area contributed by atoms with Crippen LogP contribution in [0.4, 0.5) is 9.59 Å². The van der Waals surface area contributed by atoms with Crippen molar-refractivity contribution >= 4 is 24.1 Å². The molecule has 0 rings (SSSR count). The van der Waals surface area contributed by atoms with Crippen LogP contribution in [-0.2, 0) is 19.1 Å². The van der Waals surface area contributed by atoms with Crippen LogP contribution in [-0.4, -0.2) is 24.1 Å². The number of primary amides is 2. The number of carbonyl (C=O) groups is 4. The molecule has 0 spiro atoms. The second-order valence-corrected chi connectivity index (χ2v) is 2.44. The molecule has 8 heteroatoms. The van der Waals surface area contributed by atoms with Gasteiger partial charge in [-0.3, -0.25) is 9.59 Å². The van der Waals surface area contributed by atoms with E-state index in [0.717, 1.165) is 0 Å². The highest BCUT2D eigenvalue weighted by Gasteiger charge is 2.10. The minimum Gasteiger partial charge on any atom is -0.376 e. The third-order valence-electron chi connectivity index (χ3n) is 1.19. The van der Waals surface area contributed by atoms with E-state index >= 15 is 0 Å². The van der Waals surface area contributed by atoms with Gasteiger partial charge in [-0.15, -0.1) is 0 Å². The Kier molecular flexibility index (Phi) is 5.45. The second kappa shape index (κ2) is 6.35. The number of ether oxygens (including phenoxy) is 2. The van der Waals surface area contributed by atoms with Gasteiger partial charge in [0.1, 0.15) is 0 Å². The lowest BCUT2D eigenvalue weighted by atomic mass is 10.2. The van der Waals surface area contributed by atoms with Crippen molar-refractivity contribution in [1.29, 1.82) is 0 Å². The summed E-state index contributed by atoms with van der Waals surface area (Å²) >= 11 is 0. The van der Waals surface area contributed by atoms with Gasteiger partial charge in [-0.2, -0.15) is 0 Å². The predicted octanol–water partition coefficient (Wildman–Crippen LogP) is -0.600. The van der Waals surface area contributed by atoms with E-state index < -0.39 is 24.1 Å². The maximum Gasteiger partial charge on any atom is 0.412 e. The Morgan fingerprint density at radius 3 is 1.40 bits per heavy atom. The Balaban J connectivity index is 3.61. The topological polar surface area (TPSA) is 139 Å². The molecule has 0 bridgehead atoms. The van der Waals surface area contributed by atoms with E-state index in [4.69, 9.17) is 0 Å². The van der Waals surface area contributed by atoms with Crippen LogP contribution in [0.2, 0.25) is 0 Å². The van der Waals surface area contributed by atoms with Gasteiger partial charge in [-0.25, -0.2) is 9.59 Å². The molecular formula is C7H10N2O6. The highest BCUT2D eigenvalue weighted by Crippen LogP contribution is 1.99. The van der Waals surface area contributed by atoms with E-state index in [0.29, 0.717) is 0 Å². The summed E-state index contributed by atoms with van der Waals surface area (Å²) in [5.74, 6) is -1.70. The summed E-state index contributed by atoms with van der Waals surface area (Å²) in [7, 11) is 0. The summed E-state index contributed by atoms with van der Waals surface area (Å²) in [6, 6.07) is 0. The van der Waals surface area contributed by atoms with Gasteiger partial charge < -0.3 is 20.9 Å². The van der Waals surface area contributed by atoms with E-state index in [1.807, 2.05) is 0 Å². The third-order valence-corrected chi connectivity index (χ3v) is 1.19. The molecule has 0 aromatic heterocycles. The van der Waals surface area contributed by atoms with Gasteiger partial charge in [0, 0.05) is 12.8 Å².